The number of carbonyl (C=O) groups is 1. The van der Waals surface area contributed by atoms with Gasteiger partial charge in [0.25, 0.3) is 5.91 Å². The smallest absolute Gasteiger partial charge is 0.251 e. The van der Waals surface area contributed by atoms with E-state index >= 15 is 0 Å². The summed E-state index contributed by atoms with van der Waals surface area (Å²) in [5.74, 6) is 0.407. The van der Waals surface area contributed by atoms with Crippen LogP contribution in [0.2, 0.25) is 0 Å². The molecule has 1 N–H and O–H groups in total. The third-order valence-corrected chi connectivity index (χ3v) is 5.74. The van der Waals surface area contributed by atoms with E-state index in [0.717, 1.165) is 22.0 Å². The van der Waals surface area contributed by atoms with Crippen molar-refractivity contribution in [1.29, 1.82) is 0 Å². The lowest BCUT2D eigenvalue weighted by Gasteiger charge is -2.20. The van der Waals surface area contributed by atoms with Gasteiger partial charge in [0, 0.05) is 35.6 Å². The van der Waals surface area contributed by atoms with E-state index in [0.29, 0.717) is 31.1 Å². The molecular weight excluding hydrogens is 390 g/mol. The van der Waals surface area contributed by atoms with E-state index in [4.69, 9.17) is 4.98 Å². The molecular formula is C25H29N3OS. The monoisotopic (exact) mass is 419 g/mol. The third kappa shape index (κ3) is 5.57. The van der Waals surface area contributed by atoms with Gasteiger partial charge >= 0.3 is 0 Å². The molecule has 0 unspecified atom stereocenters. The molecule has 0 radical (unpaired) electrons. The number of aryl methyl sites for hydroxylation is 1. The molecule has 0 atom stereocenters. The first-order valence-corrected chi connectivity index (χ1v) is 11.1. The number of hydrogen-bond donors (Lipinski definition) is 1. The van der Waals surface area contributed by atoms with Crippen molar-refractivity contribution in [3.8, 4) is 11.3 Å². The fourth-order valence-corrected chi connectivity index (χ4v) is 4.07. The quantitative estimate of drug-likeness (QED) is 0.453. The molecule has 0 fully saturated rings. The zero-order chi connectivity index (χ0) is 21.5. The first-order chi connectivity index (χ1) is 14.5. The summed E-state index contributed by atoms with van der Waals surface area (Å²) in [5, 5.41) is 3.94. The van der Waals surface area contributed by atoms with Crippen molar-refractivity contribution in [2.75, 3.05) is 18.0 Å². The molecule has 3 aromatic rings. The minimum Gasteiger partial charge on any atom is -0.352 e. The Bertz CT molecular complexity index is 977. The molecule has 1 aromatic heterocycles. The highest BCUT2D eigenvalue weighted by Gasteiger charge is 2.15. The number of benzene rings is 2. The van der Waals surface area contributed by atoms with Gasteiger partial charge in [0.1, 0.15) is 0 Å². The summed E-state index contributed by atoms with van der Waals surface area (Å²) in [6.07, 6.45) is 1.90. The highest BCUT2D eigenvalue weighted by Crippen LogP contribution is 2.33. The third-order valence-electron chi connectivity index (χ3n) is 4.71. The summed E-state index contributed by atoms with van der Waals surface area (Å²) in [4.78, 5) is 20.6. The zero-order valence-corrected chi connectivity index (χ0v) is 18.7. The van der Waals surface area contributed by atoms with E-state index in [-0.39, 0.29) is 5.91 Å². The van der Waals surface area contributed by atoms with Crippen molar-refractivity contribution in [3.63, 3.8) is 0 Å². The van der Waals surface area contributed by atoms with E-state index in [9.17, 15) is 4.79 Å². The van der Waals surface area contributed by atoms with Gasteiger partial charge in [-0.1, -0.05) is 62.4 Å². The lowest BCUT2D eigenvalue weighted by Crippen LogP contribution is -2.27. The molecule has 3 rings (SSSR count). The van der Waals surface area contributed by atoms with E-state index in [2.05, 4.69) is 49.7 Å². The molecule has 0 spiro atoms. The van der Waals surface area contributed by atoms with Crippen molar-refractivity contribution in [3.05, 3.63) is 83.3 Å². The molecule has 30 heavy (non-hydrogen) atoms. The number of rotatable bonds is 9. The van der Waals surface area contributed by atoms with Crippen molar-refractivity contribution in [2.45, 2.75) is 27.3 Å². The van der Waals surface area contributed by atoms with Crippen molar-refractivity contribution < 1.29 is 4.79 Å². The van der Waals surface area contributed by atoms with Crippen LogP contribution in [-0.2, 0) is 6.54 Å². The molecule has 4 nitrogen and oxygen atoms in total. The predicted octanol–water partition coefficient (Wildman–Crippen LogP) is 5.70. The van der Waals surface area contributed by atoms with Crippen LogP contribution in [-0.4, -0.2) is 24.0 Å². The van der Waals surface area contributed by atoms with Gasteiger partial charge in [0.2, 0.25) is 0 Å². The van der Waals surface area contributed by atoms with Gasteiger partial charge in [0.05, 0.1) is 5.69 Å². The predicted molar refractivity (Wildman–Crippen MR) is 127 cm³/mol. The van der Waals surface area contributed by atoms with Crippen LogP contribution in [0.4, 0.5) is 5.13 Å². The summed E-state index contributed by atoms with van der Waals surface area (Å²) in [6, 6.07) is 18.1. The van der Waals surface area contributed by atoms with Crippen molar-refractivity contribution in [1.82, 2.24) is 10.3 Å². The average Bonchev–Trinajstić information content (AvgIpc) is 3.14. The molecule has 0 aliphatic heterocycles. The average molecular weight is 420 g/mol. The topological polar surface area (TPSA) is 45.2 Å². The van der Waals surface area contributed by atoms with Crippen LogP contribution in [0.1, 0.15) is 34.6 Å². The molecule has 0 saturated carbocycles. The number of nitrogens with one attached hydrogen (secondary N) is 1. The molecule has 1 amide bonds. The number of hydrogen-bond acceptors (Lipinski definition) is 4. The number of anilines is 1. The second-order valence-corrected chi connectivity index (χ2v) is 8.92. The second kappa shape index (κ2) is 10.2. The van der Waals surface area contributed by atoms with Gasteiger partial charge in [0.15, 0.2) is 5.13 Å². The molecule has 0 aliphatic rings. The molecule has 5 heteroatoms. The van der Waals surface area contributed by atoms with Crippen LogP contribution in [0.5, 0.6) is 0 Å². The summed E-state index contributed by atoms with van der Waals surface area (Å²) in [6.45, 7) is 12.3. The summed E-state index contributed by atoms with van der Waals surface area (Å²) in [5.41, 5.74) is 3.98. The molecule has 0 bridgehead atoms. The van der Waals surface area contributed by atoms with Crippen molar-refractivity contribution in [2.24, 2.45) is 5.92 Å². The maximum atomic E-state index is 12.2. The Labute approximate surface area is 183 Å². The first kappa shape index (κ1) is 21.8. The van der Waals surface area contributed by atoms with Crippen molar-refractivity contribution >= 4 is 22.4 Å². The number of carbonyl (C=O) groups excluding carboxylic acids is 1. The second-order valence-electron chi connectivity index (χ2n) is 7.74. The maximum absolute atomic E-state index is 12.2. The Kier molecular flexibility index (Phi) is 7.41. The van der Waals surface area contributed by atoms with E-state index in [1.165, 1.54) is 4.88 Å². The van der Waals surface area contributed by atoms with E-state index < -0.39 is 0 Å². The van der Waals surface area contributed by atoms with E-state index in [1.807, 2.05) is 48.5 Å². The standard InChI is InChI=1S/C25H29N3OS/c1-5-15-28(25-27-23(19(4)30-25)21-9-7-6-8-10-21)17-20-11-13-22(14-12-20)24(29)26-16-18(2)3/h5-14,18H,1,15-17H2,2-4H3,(H,26,29). The minimum absolute atomic E-state index is 0.0266. The summed E-state index contributed by atoms with van der Waals surface area (Å²) >= 11 is 1.70. The summed E-state index contributed by atoms with van der Waals surface area (Å²) in [7, 11) is 0. The molecule has 2 aromatic carbocycles. The van der Waals surface area contributed by atoms with Crippen LogP contribution in [0.25, 0.3) is 11.3 Å². The molecule has 0 aliphatic carbocycles. The van der Waals surface area contributed by atoms with Crippen LogP contribution in [0.15, 0.2) is 67.3 Å². The number of amides is 1. The van der Waals surface area contributed by atoms with Gasteiger partial charge in [-0.15, -0.1) is 17.9 Å². The fraction of sp³-hybridized carbons (Fsp3) is 0.280. The Balaban J connectivity index is 1.75. The summed E-state index contributed by atoms with van der Waals surface area (Å²) < 4.78 is 0. The Morgan fingerprint density at radius 2 is 1.87 bits per heavy atom. The Morgan fingerprint density at radius 3 is 2.50 bits per heavy atom. The first-order valence-electron chi connectivity index (χ1n) is 10.2. The van der Waals surface area contributed by atoms with Gasteiger partial charge in [-0.3, -0.25) is 4.79 Å². The Morgan fingerprint density at radius 1 is 1.17 bits per heavy atom. The van der Waals surface area contributed by atoms with Gasteiger partial charge < -0.3 is 10.2 Å². The van der Waals surface area contributed by atoms with Crippen LogP contribution in [0, 0.1) is 12.8 Å². The highest BCUT2D eigenvalue weighted by molar-refractivity contribution is 7.16. The number of aromatic nitrogens is 1. The zero-order valence-electron chi connectivity index (χ0n) is 17.9. The largest absolute Gasteiger partial charge is 0.352 e. The SMILES string of the molecule is C=CCN(Cc1ccc(C(=O)NCC(C)C)cc1)c1nc(-c2ccccc2)c(C)s1. The number of nitrogens with zero attached hydrogens (tertiary/aromatic N) is 2. The fourth-order valence-electron chi connectivity index (χ4n) is 3.13. The van der Waals surface area contributed by atoms with Crippen LogP contribution in [0.3, 0.4) is 0 Å². The van der Waals surface area contributed by atoms with Gasteiger partial charge in [-0.25, -0.2) is 4.98 Å². The van der Waals surface area contributed by atoms with Gasteiger partial charge in [-0.05, 0) is 30.5 Å². The van der Waals surface area contributed by atoms with Gasteiger partial charge in [-0.2, -0.15) is 0 Å². The lowest BCUT2D eigenvalue weighted by atomic mass is 10.1. The normalized spacial score (nSPS) is 10.8. The molecule has 0 saturated heterocycles. The number of thiazole rings is 1. The molecule has 1 heterocycles. The van der Waals surface area contributed by atoms with E-state index in [1.54, 1.807) is 11.3 Å². The van der Waals surface area contributed by atoms with Crippen LogP contribution >= 0.6 is 11.3 Å². The maximum Gasteiger partial charge on any atom is 0.251 e. The minimum atomic E-state index is -0.0266. The highest BCUT2D eigenvalue weighted by atomic mass is 32.1. The van der Waals surface area contributed by atoms with Crippen LogP contribution < -0.4 is 10.2 Å². The molecule has 156 valence electrons. The lowest BCUT2D eigenvalue weighted by molar-refractivity contribution is 0.0949. The Hall–Kier alpha value is -2.92.